The Morgan fingerprint density at radius 1 is 1.40 bits per heavy atom. The van der Waals surface area contributed by atoms with Crippen LogP contribution in [0.25, 0.3) is 0 Å². The molecule has 1 aromatic rings. The Labute approximate surface area is 90.8 Å². The van der Waals surface area contributed by atoms with Gasteiger partial charge in [0.25, 0.3) is 0 Å². The van der Waals surface area contributed by atoms with Crippen LogP contribution >= 0.6 is 0 Å². The minimum absolute atomic E-state index is 0.522. The topological polar surface area (TPSA) is 56.7 Å². The van der Waals surface area contributed by atoms with Gasteiger partial charge in [0.2, 0.25) is 0 Å². The number of nitrogens with zero attached hydrogens (tertiary/aromatic N) is 3. The van der Waals surface area contributed by atoms with Gasteiger partial charge in [0, 0.05) is 0 Å². The standard InChI is InChI=1S/C11H20N4/c1-3-9-6-4-5-7-10(9)15-8(2)11(12)13-14-15/h9-10H,3-7,12H2,1-2H3. The molecule has 2 unspecified atom stereocenters. The summed E-state index contributed by atoms with van der Waals surface area (Å²) >= 11 is 0. The number of aromatic nitrogens is 3. The molecule has 4 nitrogen and oxygen atoms in total. The van der Waals surface area contributed by atoms with Crippen LogP contribution in [0, 0.1) is 12.8 Å². The Morgan fingerprint density at radius 3 is 2.73 bits per heavy atom. The minimum atomic E-state index is 0.522. The summed E-state index contributed by atoms with van der Waals surface area (Å²) in [4.78, 5) is 0. The van der Waals surface area contributed by atoms with Gasteiger partial charge in [0.05, 0.1) is 11.7 Å². The Hall–Kier alpha value is -1.06. The molecule has 1 aromatic heterocycles. The summed E-state index contributed by atoms with van der Waals surface area (Å²) in [6.45, 7) is 4.27. The van der Waals surface area contributed by atoms with E-state index < -0.39 is 0 Å². The fourth-order valence-electron chi connectivity index (χ4n) is 2.65. The molecule has 1 heterocycles. The molecule has 2 rings (SSSR count). The molecule has 0 aromatic carbocycles. The lowest BCUT2D eigenvalue weighted by Crippen LogP contribution is -2.24. The third kappa shape index (κ3) is 1.85. The van der Waals surface area contributed by atoms with Crippen LogP contribution in [0.2, 0.25) is 0 Å². The SMILES string of the molecule is CCC1CCCCC1n1nnc(N)c1C. The molecule has 15 heavy (non-hydrogen) atoms. The monoisotopic (exact) mass is 208 g/mol. The Balaban J connectivity index is 2.24. The molecule has 4 heteroatoms. The third-order valence-corrected chi connectivity index (χ3v) is 3.67. The van der Waals surface area contributed by atoms with Crippen molar-refractivity contribution in [2.45, 2.75) is 52.0 Å². The first-order valence-electron chi connectivity index (χ1n) is 5.91. The van der Waals surface area contributed by atoms with Gasteiger partial charge in [-0.05, 0) is 25.7 Å². The predicted molar refractivity (Wildman–Crippen MR) is 60.5 cm³/mol. The van der Waals surface area contributed by atoms with Crippen molar-refractivity contribution in [2.75, 3.05) is 5.73 Å². The fraction of sp³-hybridized carbons (Fsp3) is 0.818. The van der Waals surface area contributed by atoms with E-state index in [1.165, 1.54) is 32.1 Å². The molecule has 1 aliphatic carbocycles. The maximum Gasteiger partial charge on any atom is 0.168 e. The zero-order valence-electron chi connectivity index (χ0n) is 9.61. The highest BCUT2D eigenvalue weighted by atomic mass is 15.5. The van der Waals surface area contributed by atoms with Crippen LogP contribution in [-0.2, 0) is 0 Å². The zero-order valence-corrected chi connectivity index (χ0v) is 9.61. The van der Waals surface area contributed by atoms with Crippen molar-refractivity contribution in [2.24, 2.45) is 5.92 Å². The minimum Gasteiger partial charge on any atom is -0.381 e. The van der Waals surface area contributed by atoms with Gasteiger partial charge in [-0.3, -0.25) is 0 Å². The number of rotatable bonds is 2. The van der Waals surface area contributed by atoms with E-state index in [0.29, 0.717) is 11.9 Å². The lowest BCUT2D eigenvalue weighted by molar-refractivity contribution is 0.212. The molecule has 0 radical (unpaired) electrons. The van der Waals surface area contributed by atoms with Crippen LogP contribution in [0.1, 0.15) is 50.8 Å². The predicted octanol–water partition coefficient (Wildman–Crippen LogP) is 2.31. The summed E-state index contributed by atoms with van der Waals surface area (Å²) in [6, 6.07) is 0.522. The molecule has 0 spiro atoms. The van der Waals surface area contributed by atoms with Crippen molar-refractivity contribution in [1.82, 2.24) is 15.0 Å². The number of hydrogen-bond donors (Lipinski definition) is 1. The highest BCUT2D eigenvalue weighted by Gasteiger charge is 2.27. The largest absolute Gasteiger partial charge is 0.381 e. The van der Waals surface area contributed by atoms with E-state index in [0.717, 1.165) is 11.6 Å². The molecular weight excluding hydrogens is 188 g/mol. The fourth-order valence-corrected chi connectivity index (χ4v) is 2.65. The molecule has 2 N–H and O–H groups in total. The molecule has 84 valence electrons. The second kappa shape index (κ2) is 4.21. The van der Waals surface area contributed by atoms with E-state index in [-0.39, 0.29) is 0 Å². The second-order valence-corrected chi connectivity index (χ2v) is 4.52. The van der Waals surface area contributed by atoms with Crippen molar-refractivity contribution >= 4 is 5.82 Å². The van der Waals surface area contributed by atoms with Crippen molar-refractivity contribution in [3.05, 3.63) is 5.69 Å². The van der Waals surface area contributed by atoms with E-state index in [9.17, 15) is 0 Å². The Morgan fingerprint density at radius 2 is 2.13 bits per heavy atom. The van der Waals surface area contributed by atoms with Crippen molar-refractivity contribution < 1.29 is 0 Å². The maximum atomic E-state index is 5.74. The van der Waals surface area contributed by atoms with Crippen molar-refractivity contribution in [1.29, 1.82) is 0 Å². The van der Waals surface area contributed by atoms with Crippen LogP contribution in [0.4, 0.5) is 5.82 Å². The Kier molecular flexibility index (Phi) is 2.93. The third-order valence-electron chi connectivity index (χ3n) is 3.67. The van der Waals surface area contributed by atoms with Gasteiger partial charge in [-0.25, -0.2) is 4.68 Å². The lowest BCUT2D eigenvalue weighted by atomic mass is 9.83. The van der Waals surface area contributed by atoms with Gasteiger partial charge in [-0.2, -0.15) is 0 Å². The summed E-state index contributed by atoms with van der Waals surface area (Å²) in [5.41, 5.74) is 6.77. The van der Waals surface area contributed by atoms with Crippen LogP contribution < -0.4 is 5.73 Å². The van der Waals surface area contributed by atoms with E-state index in [1.54, 1.807) is 0 Å². The summed E-state index contributed by atoms with van der Waals surface area (Å²) < 4.78 is 2.04. The molecule has 0 saturated heterocycles. The van der Waals surface area contributed by atoms with Crippen LogP contribution in [0.15, 0.2) is 0 Å². The molecule has 0 bridgehead atoms. The van der Waals surface area contributed by atoms with E-state index in [1.807, 2.05) is 11.6 Å². The normalized spacial score (nSPS) is 26.8. The number of nitrogens with two attached hydrogens (primary N) is 1. The summed E-state index contributed by atoms with van der Waals surface area (Å²) in [6.07, 6.45) is 6.44. The summed E-state index contributed by atoms with van der Waals surface area (Å²) in [5, 5.41) is 8.13. The average Bonchev–Trinajstić information content (AvgIpc) is 2.60. The van der Waals surface area contributed by atoms with Crippen molar-refractivity contribution in [3.63, 3.8) is 0 Å². The maximum absolute atomic E-state index is 5.74. The highest BCUT2D eigenvalue weighted by molar-refractivity contribution is 5.31. The van der Waals surface area contributed by atoms with Gasteiger partial charge in [0.1, 0.15) is 0 Å². The van der Waals surface area contributed by atoms with Crippen LogP contribution in [0.5, 0.6) is 0 Å². The van der Waals surface area contributed by atoms with Crippen LogP contribution in [0.3, 0.4) is 0 Å². The van der Waals surface area contributed by atoms with Crippen LogP contribution in [-0.4, -0.2) is 15.0 Å². The van der Waals surface area contributed by atoms with E-state index in [4.69, 9.17) is 5.73 Å². The second-order valence-electron chi connectivity index (χ2n) is 4.52. The highest BCUT2D eigenvalue weighted by Crippen LogP contribution is 2.36. The molecule has 1 saturated carbocycles. The first kappa shape index (κ1) is 10.5. The Bertz CT molecular complexity index is 331. The number of nitrogen functional groups attached to an aromatic ring is 1. The molecule has 2 atom stereocenters. The lowest BCUT2D eigenvalue weighted by Gasteiger charge is -2.31. The zero-order chi connectivity index (χ0) is 10.8. The molecule has 0 aliphatic heterocycles. The molecular formula is C11H20N4. The molecule has 1 aliphatic rings. The number of hydrogen-bond acceptors (Lipinski definition) is 3. The molecule has 0 amide bonds. The smallest absolute Gasteiger partial charge is 0.168 e. The first-order valence-corrected chi connectivity index (χ1v) is 5.91. The molecule has 1 fully saturated rings. The average molecular weight is 208 g/mol. The van der Waals surface area contributed by atoms with Gasteiger partial charge in [-0.1, -0.05) is 31.4 Å². The van der Waals surface area contributed by atoms with Crippen molar-refractivity contribution in [3.8, 4) is 0 Å². The van der Waals surface area contributed by atoms with E-state index in [2.05, 4.69) is 17.2 Å². The van der Waals surface area contributed by atoms with E-state index >= 15 is 0 Å². The van der Waals surface area contributed by atoms with Gasteiger partial charge in [0.15, 0.2) is 5.82 Å². The van der Waals surface area contributed by atoms with Gasteiger partial charge >= 0.3 is 0 Å². The van der Waals surface area contributed by atoms with Gasteiger partial charge in [-0.15, -0.1) is 5.10 Å². The quantitative estimate of drug-likeness (QED) is 0.811. The summed E-state index contributed by atoms with van der Waals surface area (Å²) in [5.74, 6) is 1.33. The number of anilines is 1. The summed E-state index contributed by atoms with van der Waals surface area (Å²) in [7, 11) is 0. The first-order chi connectivity index (χ1) is 7.24. The van der Waals surface area contributed by atoms with Gasteiger partial charge < -0.3 is 5.73 Å².